The van der Waals surface area contributed by atoms with E-state index in [1.807, 2.05) is 56.3 Å². The molecule has 80 valence electrons. The van der Waals surface area contributed by atoms with Crippen LogP contribution >= 0.6 is 12.4 Å². The minimum atomic E-state index is -0.350. The fourth-order valence-corrected chi connectivity index (χ4v) is 1.66. The van der Waals surface area contributed by atoms with Gasteiger partial charge in [-0.1, -0.05) is 30.3 Å². The van der Waals surface area contributed by atoms with E-state index in [2.05, 4.69) is 0 Å². The van der Waals surface area contributed by atoms with Crippen LogP contribution in [0.3, 0.4) is 0 Å². The molecule has 0 spiro atoms. The highest BCUT2D eigenvalue weighted by Crippen LogP contribution is 2.21. The van der Waals surface area contributed by atoms with Crippen molar-refractivity contribution in [1.29, 1.82) is 0 Å². The molecule has 3 heteroatoms. The highest BCUT2D eigenvalue weighted by atomic mass is 35.5. The molecule has 0 heterocycles. The highest BCUT2D eigenvalue weighted by molar-refractivity contribution is 5.85. The van der Waals surface area contributed by atoms with Gasteiger partial charge in [0.25, 0.3) is 0 Å². The van der Waals surface area contributed by atoms with Gasteiger partial charge in [-0.05, 0) is 26.6 Å². The van der Waals surface area contributed by atoms with Gasteiger partial charge < -0.3 is 10.0 Å². The molecule has 0 saturated carbocycles. The van der Waals surface area contributed by atoms with Crippen LogP contribution in [0, 0.1) is 0 Å². The molecule has 0 unspecified atom stereocenters. The zero-order valence-corrected chi connectivity index (χ0v) is 9.66. The summed E-state index contributed by atoms with van der Waals surface area (Å²) in [5.74, 6) is 0. The van der Waals surface area contributed by atoms with Gasteiger partial charge in [-0.15, -0.1) is 12.4 Å². The zero-order chi connectivity index (χ0) is 9.84. The van der Waals surface area contributed by atoms with E-state index in [0.29, 0.717) is 0 Å². The van der Waals surface area contributed by atoms with Gasteiger partial charge in [-0.2, -0.15) is 0 Å². The first-order valence-corrected chi connectivity index (χ1v) is 4.52. The van der Waals surface area contributed by atoms with Gasteiger partial charge in [-0.3, -0.25) is 0 Å². The zero-order valence-electron chi connectivity index (χ0n) is 8.84. The van der Waals surface area contributed by atoms with Gasteiger partial charge in [0.05, 0.1) is 12.1 Å². The molecular formula is C11H18ClNO. The van der Waals surface area contributed by atoms with E-state index in [1.54, 1.807) is 0 Å². The fourth-order valence-electron chi connectivity index (χ4n) is 1.66. The molecule has 0 aliphatic heterocycles. The summed E-state index contributed by atoms with van der Waals surface area (Å²) in [6.07, 6.45) is -0.350. The average molecular weight is 216 g/mol. The Labute approximate surface area is 92.0 Å². The SMILES string of the molecule is C[C@H](O)[C@H](c1ccccc1)N(C)C.Cl. The van der Waals surface area contributed by atoms with Crippen molar-refractivity contribution in [2.24, 2.45) is 0 Å². The molecule has 1 N–H and O–H groups in total. The maximum atomic E-state index is 9.59. The number of hydrogen-bond donors (Lipinski definition) is 1. The third-order valence-corrected chi connectivity index (χ3v) is 2.15. The van der Waals surface area contributed by atoms with E-state index < -0.39 is 0 Å². The van der Waals surface area contributed by atoms with Crippen LogP contribution in [0.2, 0.25) is 0 Å². The molecule has 1 aromatic rings. The third-order valence-electron chi connectivity index (χ3n) is 2.15. The minimum Gasteiger partial charge on any atom is -0.391 e. The lowest BCUT2D eigenvalue weighted by Crippen LogP contribution is -2.29. The van der Waals surface area contributed by atoms with E-state index >= 15 is 0 Å². The van der Waals surface area contributed by atoms with Crippen LogP contribution in [0.4, 0.5) is 0 Å². The lowest BCUT2D eigenvalue weighted by Gasteiger charge is -2.27. The van der Waals surface area contributed by atoms with Gasteiger partial charge in [0.2, 0.25) is 0 Å². The summed E-state index contributed by atoms with van der Waals surface area (Å²) < 4.78 is 0. The first-order chi connectivity index (χ1) is 6.13. The maximum absolute atomic E-state index is 9.59. The molecule has 0 bridgehead atoms. The number of benzene rings is 1. The van der Waals surface area contributed by atoms with E-state index in [0.717, 1.165) is 5.56 Å². The van der Waals surface area contributed by atoms with Gasteiger partial charge in [-0.25, -0.2) is 0 Å². The summed E-state index contributed by atoms with van der Waals surface area (Å²) in [5.41, 5.74) is 1.16. The normalized spacial score (nSPS) is 14.6. The molecule has 0 aromatic heterocycles. The molecule has 0 saturated heterocycles. The molecule has 0 aliphatic carbocycles. The monoisotopic (exact) mass is 215 g/mol. The van der Waals surface area contributed by atoms with Crippen LogP contribution in [-0.2, 0) is 0 Å². The Balaban J connectivity index is 0.00000169. The molecule has 2 atom stereocenters. The Bertz CT molecular complexity index is 241. The molecular weight excluding hydrogens is 198 g/mol. The summed E-state index contributed by atoms with van der Waals surface area (Å²) in [6, 6.07) is 10.1. The number of hydrogen-bond acceptors (Lipinski definition) is 2. The van der Waals surface area contributed by atoms with Crippen LogP contribution in [0.1, 0.15) is 18.5 Å². The standard InChI is InChI=1S/C11H17NO.ClH/c1-9(13)11(12(2)3)10-7-5-4-6-8-10;/h4-9,11,13H,1-3H3;1H/t9-,11+;/m0./s1. The van der Waals surface area contributed by atoms with Gasteiger partial charge in [0.15, 0.2) is 0 Å². The van der Waals surface area contributed by atoms with Crippen molar-refractivity contribution in [2.75, 3.05) is 14.1 Å². The summed E-state index contributed by atoms with van der Waals surface area (Å²) in [6.45, 7) is 1.82. The van der Waals surface area contributed by atoms with Gasteiger partial charge in [0, 0.05) is 0 Å². The molecule has 1 rings (SSSR count). The topological polar surface area (TPSA) is 23.5 Å². The highest BCUT2D eigenvalue weighted by Gasteiger charge is 2.18. The molecule has 0 aliphatic rings. The van der Waals surface area contributed by atoms with Crippen molar-refractivity contribution in [1.82, 2.24) is 4.90 Å². The fraction of sp³-hybridized carbons (Fsp3) is 0.455. The Morgan fingerprint density at radius 1 is 1.14 bits per heavy atom. The van der Waals surface area contributed by atoms with Crippen LogP contribution in [0.25, 0.3) is 0 Å². The van der Waals surface area contributed by atoms with Crippen molar-refractivity contribution in [3.63, 3.8) is 0 Å². The van der Waals surface area contributed by atoms with E-state index in [9.17, 15) is 5.11 Å². The average Bonchev–Trinajstić information content (AvgIpc) is 2.04. The van der Waals surface area contributed by atoms with Crippen molar-refractivity contribution >= 4 is 12.4 Å². The number of halogens is 1. The Kier molecular flexibility index (Phi) is 5.77. The summed E-state index contributed by atoms with van der Waals surface area (Å²) >= 11 is 0. The molecule has 0 radical (unpaired) electrons. The number of nitrogens with zero attached hydrogens (tertiary/aromatic N) is 1. The molecule has 1 aromatic carbocycles. The third kappa shape index (κ3) is 3.29. The van der Waals surface area contributed by atoms with Gasteiger partial charge in [0.1, 0.15) is 0 Å². The maximum Gasteiger partial charge on any atom is 0.0708 e. The van der Waals surface area contributed by atoms with E-state index in [1.165, 1.54) is 0 Å². The van der Waals surface area contributed by atoms with Crippen LogP contribution in [-0.4, -0.2) is 30.2 Å². The second kappa shape index (κ2) is 6.02. The summed E-state index contributed by atoms with van der Waals surface area (Å²) in [5, 5.41) is 9.59. The van der Waals surface area contributed by atoms with Crippen molar-refractivity contribution in [3.05, 3.63) is 35.9 Å². The minimum absolute atomic E-state index is 0. The lowest BCUT2D eigenvalue weighted by atomic mass is 10.0. The van der Waals surface area contributed by atoms with Crippen LogP contribution in [0.5, 0.6) is 0 Å². The summed E-state index contributed by atoms with van der Waals surface area (Å²) in [4.78, 5) is 2.03. The first kappa shape index (κ1) is 13.4. The quantitative estimate of drug-likeness (QED) is 0.835. The van der Waals surface area contributed by atoms with E-state index in [-0.39, 0.29) is 24.6 Å². The Morgan fingerprint density at radius 2 is 1.64 bits per heavy atom. The van der Waals surface area contributed by atoms with Crippen LogP contribution in [0.15, 0.2) is 30.3 Å². The molecule has 2 nitrogen and oxygen atoms in total. The van der Waals surface area contributed by atoms with Crippen molar-refractivity contribution in [3.8, 4) is 0 Å². The number of aliphatic hydroxyl groups is 1. The molecule has 14 heavy (non-hydrogen) atoms. The first-order valence-electron chi connectivity index (χ1n) is 4.52. The van der Waals surface area contributed by atoms with Gasteiger partial charge >= 0.3 is 0 Å². The summed E-state index contributed by atoms with van der Waals surface area (Å²) in [7, 11) is 3.95. The largest absolute Gasteiger partial charge is 0.391 e. The van der Waals surface area contributed by atoms with Crippen molar-refractivity contribution in [2.45, 2.75) is 19.1 Å². The van der Waals surface area contributed by atoms with Crippen LogP contribution < -0.4 is 0 Å². The Morgan fingerprint density at radius 3 is 2.00 bits per heavy atom. The molecule has 0 fully saturated rings. The lowest BCUT2D eigenvalue weighted by molar-refractivity contribution is 0.0906. The predicted molar refractivity (Wildman–Crippen MR) is 61.8 cm³/mol. The smallest absolute Gasteiger partial charge is 0.0708 e. The Hall–Kier alpha value is -0.570. The van der Waals surface area contributed by atoms with E-state index in [4.69, 9.17) is 0 Å². The second-order valence-electron chi connectivity index (χ2n) is 3.56. The second-order valence-corrected chi connectivity index (χ2v) is 3.56. The van der Waals surface area contributed by atoms with Crippen molar-refractivity contribution < 1.29 is 5.11 Å². The number of rotatable bonds is 3. The number of aliphatic hydroxyl groups excluding tert-OH is 1. The predicted octanol–water partition coefficient (Wildman–Crippen LogP) is 2.09. The molecule has 0 amide bonds. The number of likely N-dealkylation sites (N-methyl/N-ethyl adjacent to an activating group) is 1.